The maximum absolute atomic E-state index is 13.8. The fourth-order valence-electron chi connectivity index (χ4n) is 2.44. The molecule has 1 aromatic rings. The minimum Gasteiger partial charge on any atom is -0.328 e. The average Bonchev–Trinajstić information content (AvgIpc) is 2.41. The van der Waals surface area contributed by atoms with Crippen molar-refractivity contribution in [1.82, 2.24) is 4.31 Å². The fourth-order valence-corrected chi connectivity index (χ4v) is 4.57. The molecule has 4 nitrogen and oxygen atoms in total. The second kappa shape index (κ2) is 6.09. The molecule has 0 saturated carbocycles. The first-order valence-corrected chi connectivity index (χ1v) is 8.76. The van der Waals surface area contributed by atoms with Crippen molar-refractivity contribution in [3.05, 3.63) is 28.5 Å². The lowest BCUT2D eigenvalue weighted by Gasteiger charge is -2.33. The van der Waals surface area contributed by atoms with Crippen molar-refractivity contribution in [2.24, 2.45) is 11.7 Å². The second-order valence-electron chi connectivity index (χ2n) is 5.20. The molecule has 2 rings (SSSR count). The highest BCUT2D eigenvalue weighted by molar-refractivity contribution is 9.10. The van der Waals surface area contributed by atoms with Gasteiger partial charge in [-0.1, -0.05) is 15.9 Å². The van der Waals surface area contributed by atoms with E-state index >= 15 is 0 Å². The Morgan fingerprint density at radius 2 is 2.20 bits per heavy atom. The Morgan fingerprint density at radius 3 is 2.85 bits per heavy atom. The van der Waals surface area contributed by atoms with E-state index in [4.69, 9.17) is 5.73 Å². The number of piperidine rings is 1. The molecule has 0 bridgehead atoms. The van der Waals surface area contributed by atoms with Gasteiger partial charge in [0.2, 0.25) is 10.0 Å². The van der Waals surface area contributed by atoms with Crippen LogP contribution < -0.4 is 5.73 Å². The second-order valence-corrected chi connectivity index (χ2v) is 8.02. The van der Waals surface area contributed by atoms with Crippen LogP contribution in [0.2, 0.25) is 0 Å². The molecule has 0 spiro atoms. The Hall–Kier alpha value is -0.500. The number of rotatable bonds is 3. The van der Waals surface area contributed by atoms with Crippen molar-refractivity contribution in [1.29, 1.82) is 0 Å². The number of sulfonamides is 1. The van der Waals surface area contributed by atoms with Gasteiger partial charge < -0.3 is 5.73 Å². The normalized spacial score (nSPS) is 22.7. The molecule has 2 N–H and O–H groups in total. The number of hydrogen-bond donors (Lipinski definition) is 1. The van der Waals surface area contributed by atoms with E-state index < -0.39 is 15.8 Å². The molecule has 1 aliphatic heterocycles. The Kier molecular flexibility index (Phi) is 4.84. The molecule has 0 amide bonds. The van der Waals surface area contributed by atoms with Crippen LogP contribution in [0.1, 0.15) is 19.8 Å². The van der Waals surface area contributed by atoms with Gasteiger partial charge in [-0.05, 0) is 43.9 Å². The highest BCUT2D eigenvalue weighted by atomic mass is 79.9. The Labute approximate surface area is 127 Å². The van der Waals surface area contributed by atoms with Crippen molar-refractivity contribution >= 4 is 26.0 Å². The molecule has 0 aliphatic carbocycles. The van der Waals surface area contributed by atoms with Gasteiger partial charge >= 0.3 is 0 Å². The van der Waals surface area contributed by atoms with Gasteiger partial charge in [0.05, 0.1) is 0 Å². The Bertz CT molecular complexity index is 592. The standard InChI is InChI=1S/C13H18BrFN2O2S/c1-9(16)10-3-2-6-17(8-10)20(18,19)13-7-11(14)4-5-12(13)15/h4-5,7,9-10H,2-3,6,8,16H2,1H3/t9-,10-/m1/s1. The molecule has 0 unspecified atom stereocenters. The molecule has 20 heavy (non-hydrogen) atoms. The van der Waals surface area contributed by atoms with E-state index in [1.165, 1.54) is 16.4 Å². The van der Waals surface area contributed by atoms with Gasteiger partial charge in [0.15, 0.2) is 0 Å². The lowest BCUT2D eigenvalue weighted by atomic mass is 9.93. The molecular weight excluding hydrogens is 347 g/mol. The van der Waals surface area contributed by atoms with Crippen LogP contribution >= 0.6 is 15.9 Å². The predicted octanol–water partition coefficient (Wildman–Crippen LogP) is 2.34. The minimum absolute atomic E-state index is 0.0691. The summed E-state index contributed by atoms with van der Waals surface area (Å²) in [5.41, 5.74) is 5.86. The maximum atomic E-state index is 13.8. The van der Waals surface area contributed by atoms with Crippen molar-refractivity contribution in [2.75, 3.05) is 13.1 Å². The van der Waals surface area contributed by atoms with Crippen LogP contribution in [-0.4, -0.2) is 31.9 Å². The molecule has 7 heteroatoms. The van der Waals surface area contributed by atoms with E-state index in [2.05, 4.69) is 15.9 Å². The van der Waals surface area contributed by atoms with Crippen molar-refractivity contribution < 1.29 is 12.8 Å². The molecule has 1 aromatic carbocycles. The topological polar surface area (TPSA) is 63.4 Å². The van der Waals surface area contributed by atoms with Crippen LogP contribution in [0.5, 0.6) is 0 Å². The first-order valence-electron chi connectivity index (χ1n) is 6.53. The zero-order valence-corrected chi connectivity index (χ0v) is 13.6. The van der Waals surface area contributed by atoms with Gasteiger partial charge in [-0.3, -0.25) is 0 Å². The van der Waals surface area contributed by atoms with Gasteiger partial charge in [0, 0.05) is 23.6 Å². The van der Waals surface area contributed by atoms with Gasteiger partial charge in [-0.2, -0.15) is 4.31 Å². The van der Waals surface area contributed by atoms with Gasteiger partial charge in [0.25, 0.3) is 0 Å². The summed E-state index contributed by atoms with van der Waals surface area (Å²) < 4.78 is 40.8. The van der Waals surface area contributed by atoms with Crippen molar-refractivity contribution in [3.8, 4) is 0 Å². The Balaban J connectivity index is 2.32. The smallest absolute Gasteiger partial charge is 0.246 e. The molecule has 0 radical (unpaired) electrons. The molecule has 2 atom stereocenters. The number of benzene rings is 1. The van der Waals surface area contributed by atoms with E-state index in [1.807, 2.05) is 6.92 Å². The van der Waals surface area contributed by atoms with Crippen LogP contribution in [0.25, 0.3) is 0 Å². The molecule has 1 heterocycles. The van der Waals surface area contributed by atoms with E-state index in [0.717, 1.165) is 18.9 Å². The summed E-state index contributed by atoms with van der Waals surface area (Å²) in [5, 5.41) is 0. The van der Waals surface area contributed by atoms with Crippen LogP contribution in [-0.2, 0) is 10.0 Å². The molecular formula is C13H18BrFN2O2S. The van der Waals surface area contributed by atoms with Gasteiger partial charge in [0.1, 0.15) is 10.7 Å². The first-order chi connectivity index (χ1) is 9.32. The van der Waals surface area contributed by atoms with Crippen LogP contribution in [0, 0.1) is 11.7 Å². The predicted molar refractivity (Wildman–Crippen MR) is 79.2 cm³/mol. The van der Waals surface area contributed by atoms with Crippen LogP contribution in [0.15, 0.2) is 27.6 Å². The molecule has 112 valence electrons. The summed E-state index contributed by atoms with van der Waals surface area (Å²) in [4.78, 5) is -0.280. The van der Waals surface area contributed by atoms with E-state index in [0.29, 0.717) is 17.6 Å². The summed E-state index contributed by atoms with van der Waals surface area (Å²) in [6.07, 6.45) is 1.66. The maximum Gasteiger partial charge on any atom is 0.246 e. The molecule has 1 fully saturated rings. The Morgan fingerprint density at radius 1 is 1.50 bits per heavy atom. The molecule has 1 aliphatic rings. The monoisotopic (exact) mass is 364 g/mol. The minimum atomic E-state index is -3.81. The summed E-state index contributed by atoms with van der Waals surface area (Å²) in [5.74, 6) is -0.607. The SMILES string of the molecule is C[C@@H](N)[C@@H]1CCCN(S(=O)(=O)c2cc(Br)ccc2F)C1. The highest BCUT2D eigenvalue weighted by Crippen LogP contribution is 2.28. The third-order valence-corrected chi connectivity index (χ3v) is 6.05. The molecule has 0 aromatic heterocycles. The number of hydrogen-bond acceptors (Lipinski definition) is 3. The number of nitrogens with zero attached hydrogens (tertiary/aromatic N) is 1. The van der Waals surface area contributed by atoms with Crippen LogP contribution in [0.3, 0.4) is 0 Å². The quantitative estimate of drug-likeness (QED) is 0.894. The lowest BCUT2D eigenvalue weighted by Crippen LogP contribution is -2.45. The fraction of sp³-hybridized carbons (Fsp3) is 0.538. The third kappa shape index (κ3) is 3.21. The van der Waals surface area contributed by atoms with E-state index in [9.17, 15) is 12.8 Å². The van der Waals surface area contributed by atoms with E-state index in [1.54, 1.807) is 0 Å². The molecule has 1 saturated heterocycles. The zero-order chi connectivity index (χ0) is 14.9. The van der Waals surface area contributed by atoms with Crippen molar-refractivity contribution in [3.63, 3.8) is 0 Å². The summed E-state index contributed by atoms with van der Waals surface area (Å²) in [6.45, 7) is 2.64. The summed E-state index contributed by atoms with van der Waals surface area (Å²) in [6, 6.07) is 3.87. The van der Waals surface area contributed by atoms with Gasteiger partial charge in [-0.25, -0.2) is 12.8 Å². The first kappa shape index (κ1) is 15.9. The lowest BCUT2D eigenvalue weighted by molar-refractivity contribution is 0.242. The van der Waals surface area contributed by atoms with E-state index in [-0.39, 0.29) is 16.9 Å². The van der Waals surface area contributed by atoms with Crippen LogP contribution in [0.4, 0.5) is 4.39 Å². The summed E-state index contributed by atoms with van der Waals surface area (Å²) >= 11 is 3.18. The zero-order valence-electron chi connectivity index (χ0n) is 11.2. The average molecular weight is 365 g/mol. The van der Waals surface area contributed by atoms with Crippen molar-refractivity contribution in [2.45, 2.75) is 30.7 Å². The third-order valence-electron chi connectivity index (χ3n) is 3.68. The largest absolute Gasteiger partial charge is 0.328 e. The summed E-state index contributed by atoms with van der Waals surface area (Å²) in [7, 11) is -3.81. The number of nitrogens with two attached hydrogens (primary N) is 1. The van der Waals surface area contributed by atoms with Gasteiger partial charge in [-0.15, -0.1) is 0 Å². The number of halogens is 2. The highest BCUT2D eigenvalue weighted by Gasteiger charge is 2.33.